The molecule has 152 valence electrons. The van der Waals surface area contributed by atoms with Crippen molar-refractivity contribution >= 4 is 40.5 Å². The van der Waals surface area contributed by atoms with Gasteiger partial charge in [0.1, 0.15) is 0 Å². The van der Waals surface area contributed by atoms with Crippen molar-refractivity contribution in [1.29, 1.82) is 0 Å². The molecule has 2 aromatic rings. The summed E-state index contributed by atoms with van der Waals surface area (Å²) in [6, 6.07) is 15.1. The van der Waals surface area contributed by atoms with Gasteiger partial charge < -0.3 is 0 Å². The smallest absolute Gasteiger partial charge is 0.269 e. The van der Waals surface area contributed by atoms with Crippen molar-refractivity contribution in [2.75, 3.05) is 6.54 Å². The van der Waals surface area contributed by atoms with E-state index in [1.54, 1.807) is 24.3 Å². The number of thioether (sulfide) groups is 1. The molecule has 1 aliphatic heterocycles. The highest BCUT2D eigenvalue weighted by atomic mass is 32.2. The summed E-state index contributed by atoms with van der Waals surface area (Å²) in [4.78, 5) is 36.9. The number of hydrogen-bond acceptors (Lipinski definition) is 6. The summed E-state index contributed by atoms with van der Waals surface area (Å²) in [5, 5.41) is 15.2. The second-order valence-corrected chi connectivity index (χ2v) is 7.26. The average molecular weight is 422 g/mol. The third kappa shape index (κ3) is 5.21. The van der Waals surface area contributed by atoms with Crippen LogP contribution >= 0.6 is 11.8 Å². The standard InChI is InChI=1S/C21H18N4O4S/c1-2-12-24-20(27)18(13-16-8-10-17(11-9-16)25(28)29)30-21(24)23-22-19(26)14-15-6-4-3-5-7-15/h2-11,13H,1,12,14H2,(H,22,26). The number of rotatable bonds is 7. The van der Waals surface area contributed by atoms with E-state index < -0.39 is 4.92 Å². The maximum atomic E-state index is 12.7. The molecule has 1 heterocycles. The number of benzene rings is 2. The fraction of sp³-hybridized carbons (Fsp3) is 0.0952. The average Bonchev–Trinajstić information content (AvgIpc) is 3.03. The number of hydrogen-bond donors (Lipinski definition) is 1. The molecule has 0 bridgehead atoms. The summed E-state index contributed by atoms with van der Waals surface area (Å²) in [6.45, 7) is 3.88. The summed E-state index contributed by atoms with van der Waals surface area (Å²) in [5.41, 5.74) is 3.95. The van der Waals surface area contributed by atoms with Crippen LogP contribution in [0.3, 0.4) is 0 Å². The predicted octanol–water partition coefficient (Wildman–Crippen LogP) is 3.33. The molecule has 9 heteroatoms. The number of non-ortho nitro benzene ring substituents is 1. The molecule has 30 heavy (non-hydrogen) atoms. The predicted molar refractivity (Wildman–Crippen MR) is 116 cm³/mol. The number of carbonyl (C=O) groups is 2. The lowest BCUT2D eigenvalue weighted by atomic mass is 10.1. The molecule has 1 saturated heterocycles. The highest BCUT2D eigenvalue weighted by Crippen LogP contribution is 2.32. The van der Waals surface area contributed by atoms with Crippen molar-refractivity contribution in [3.63, 3.8) is 0 Å². The maximum Gasteiger partial charge on any atom is 0.269 e. The van der Waals surface area contributed by atoms with Crippen LogP contribution in [0.25, 0.3) is 6.08 Å². The molecule has 2 aromatic carbocycles. The summed E-state index contributed by atoms with van der Waals surface area (Å²) in [6.07, 6.45) is 3.36. The summed E-state index contributed by atoms with van der Waals surface area (Å²) < 4.78 is 0. The maximum absolute atomic E-state index is 12.7. The zero-order chi connectivity index (χ0) is 21.5. The zero-order valence-corrected chi connectivity index (χ0v) is 16.7. The minimum Gasteiger partial charge on any atom is -0.281 e. The Morgan fingerprint density at radius 2 is 1.90 bits per heavy atom. The van der Waals surface area contributed by atoms with Gasteiger partial charge in [-0.25, -0.2) is 5.43 Å². The Hall–Kier alpha value is -3.72. The zero-order valence-electron chi connectivity index (χ0n) is 15.9. The van der Waals surface area contributed by atoms with E-state index in [2.05, 4.69) is 17.1 Å². The van der Waals surface area contributed by atoms with Gasteiger partial charge >= 0.3 is 0 Å². The summed E-state index contributed by atoms with van der Waals surface area (Å²) >= 11 is 1.11. The minimum absolute atomic E-state index is 0.0285. The van der Waals surface area contributed by atoms with Crippen LogP contribution in [0.5, 0.6) is 0 Å². The van der Waals surface area contributed by atoms with E-state index in [1.165, 1.54) is 17.0 Å². The third-order valence-electron chi connectivity index (χ3n) is 4.09. The monoisotopic (exact) mass is 422 g/mol. The van der Waals surface area contributed by atoms with Crippen molar-refractivity contribution in [2.24, 2.45) is 5.10 Å². The van der Waals surface area contributed by atoms with E-state index in [0.29, 0.717) is 15.6 Å². The van der Waals surface area contributed by atoms with Crippen LogP contribution in [0.1, 0.15) is 11.1 Å². The molecule has 3 rings (SSSR count). The SMILES string of the molecule is C=CCN1C(=O)C(=Cc2ccc([N+](=O)[O-])cc2)SC1=NNC(=O)Cc1ccccc1. The second kappa shape index (κ2) is 9.66. The second-order valence-electron chi connectivity index (χ2n) is 6.26. The summed E-state index contributed by atoms with van der Waals surface area (Å²) in [7, 11) is 0. The van der Waals surface area contributed by atoms with E-state index in [-0.39, 0.29) is 30.5 Å². The van der Waals surface area contributed by atoms with Crippen LogP contribution in [-0.2, 0) is 16.0 Å². The number of nitro benzene ring substituents is 1. The van der Waals surface area contributed by atoms with Gasteiger partial charge in [0.15, 0.2) is 5.17 Å². The first-order valence-corrected chi connectivity index (χ1v) is 9.77. The molecule has 0 radical (unpaired) electrons. The third-order valence-corrected chi connectivity index (χ3v) is 5.09. The molecule has 8 nitrogen and oxygen atoms in total. The molecular formula is C21H18N4O4S. The molecule has 0 aliphatic carbocycles. The molecule has 1 N–H and O–H groups in total. The quantitative estimate of drug-likeness (QED) is 0.319. The number of nitrogens with zero attached hydrogens (tertiary/aromatic N) is 3. The van der Waals surface area contributed by atoms with Crippen LogP contribution in [0.2, 0.25) is 0 Å². The lowest BCUT2D eigenvalue weighted by Crippen LogP contribution is -2.31. The van der Waals surface area contributed by atoms with Gasteiger partial charge in [0.25, 0.3) is 11.6 Å². The van der Waals surface area contributed by atoms with E-state index >= 15 is 0 Å². The van der Waals surface area contributed by atoms with Crippen molar-refractivity contribution in [3.8, 4) is 0 Å². The molecule has 0 unspecified atom stereocenters. The topological polar surface area (TPSA) is 105 Å². The molecular weight excluding hydrogens is 404 g/mol. The number of amides is 2. The van der Waals surface area contributed by atoms with Crippen LogP contribution < -0.4 is 5.43 Å². The molecule has 0 aromatic heterocycles. The Morgan fingerprint density at radius 3 is 2.53 bits per heavy atom. The first-order chi connectivity index (χ1) is 14.5. The number of amidine groups is 1. The Labute approximate surface area is 177 Å². The van der Waals surface area contributed by atoms with Gasteiger partial charge in [-0.3, -0.25) is 24.6 Å². The fourth-order valence-electron chi connectivity index (χ4n) is 2.66. The van der Waals surface area contributed by atoms with Crippen LogP contribution in [-0.4, -0.2) is 33.3 Å². The van der Waals surface area contributed by atoms with Gasteiger partial charge in [-0.15, -0.1) is 11.7 Å². The highest BCUT2D eigenvalue weighted by molar-refractivity contribution is 8.18. The number of hydrazone groups is 1. The van der Waals surface area contributed by atoms with Crippen molar-refractivity contribution in [1.82, 2.24) is 10.3 Å². The van der Waals surface area contributed by atoms with Gasteiger partial charge in [-0.2, -0.15) is 0 Å². The van der Waals surface area contributed by atoms with Crippen LogP contribution in [0, 0.1) is 10.1 Å². The first kappa shape index (κ1) is 21.0. The minimum atomic E-state index is -0.485. The number of nitrogens with one attached hydrogen (secondary N) is 1. The molecule has 0 saturated carbocycles. The van der Waals surface area contributed by atoms with Gasteiger partial charge in [-0.05, 0) is 41.1 Å². The van der Waals surface area contributed by atoms with Crippen molar-refractivity contribution < 1.29 is 14.5 Å². The van der Waals surface area contributed by atoms with Crippen LogP contribution in [0.15, 0.2) is 77.3 Å². The number of nitro groups is 1. The van der Waals surface area contributed by atoms with E-state index in [0.717, 1.165) is 17.3 Å². The largest absolute Gasteiger partial charge is 0.281 e. The highest BCUT2D eigenvalue weighted by Gasteiger charge is 2.32. The normalized spacial score (nSPS) is 16.1. The molecule has 2 amide bonds. The van der Waals surface area contributed by atoms with Gasteiger partial charge in [-0.1, -0.05) is 36.4 Å². The molecule has 1 aliphatic rings. The van der Waals surface area contributed by atoms with E-state index in [1.807, 2.05) is 30.3 Å². The van der Waals surface area contributed by atoms with Gasteiger partial charge in [0.2, 0.25) is 5.91 Å². The fourth-order valence-corrected chi connectivity index (χ4v) is 3.60. The molecule has 0 atom stereocenters. The Balaban J connectivity index is 1.74. The van der Waals surface area contributed by atoms with Gasteiger partial charge in [0.05, 0.1) is 16.2 Å². The lowest BCUT2D eigenvalue weighted by Gasteiger charge is -2.12. The number of carbonyl (C=O) groups excluding carboxylic acids is 2. The van der Waals surface area contributed by atoms with Crippen molar-refractivity contribution in [3.05, 3.63) is 93.4 Å². The Bertz CT molecular complexity index is 1030. The Kier molecular flexibility index (Phi) is 6.76. The van der Waals surface area contributed by atoms with E-state index in [4.69, 9.17) is 0 Å². The first-order valence-electron chi connectivity index (χ1n) is 8.95. The van der Waals surface area contributed by atoms with Crippen LogP contribution in [0.4, 0.5) is 5.69 Å². The van der Waals surface area contributed by atoms with Gasteiger partial charge in [0, 0.05) is 18.7 Å². The Morgan fingerprint density at radius 1 is 1.20 bits per heavy atom. The molecule has 1 fully saturated rings. The lowest BCUT2D eigenvalue weighted by molar-refractivity contribution is -0.384. The van der Waals surface area contributed by atoms with Crippen molar-refractivity contribution in [2.45, 2.75) is 6.42 Å². The van der Waals surface area contributed by atoms with E-state index in [9.17, 15) is 19.7 Å². The summed E-state index contributed by atoms with van der Waals surface area (Å²) in [5.74, 6) is -0.581. The molecule has 0 spiro atoms.